The largest absolute Gasteiger partial charge is 0.494 e. The molecule has 0 bridgehead atoms. The maximum Gasteiger partial charge on any atom is 0.120 e. The fourth-order valence-electron chi connectivity index (χ4n) is 1.62. The minimum absolute atomic E-state index is 0.0339. The van der Waals surface area contributed by atoms with Crippen LogP contribution in [0.1, 0.15) is 40.0 Å². The lowest BCUT2D eigenvalue weighted by Crippen LogP contribution is -2.25. The van der Waals surface area contributed by atoms with Crippen LogP contribution in [-0.4, -0.2) is 17.8 Å². The summed E-state index contributed by atoms with van der Waals surface area (Å²) in [5.41, 5.74) is -0.0339. The average molecular weight is 271 g/mol. The third-order valence-corrected chi connectivity index (χ3v) is 3.17. The van der Waals surface area contributed by atoms with Crippen LogP contribution in [0.5, 0.6) is 5.75 Å². The van der Waals surface area contributed by atoms with Gasteiger partial charge in [-0.3, -0.25) is 0 Å². The number of halogens is 1. The van der Waals surface area contributed by atoms with Gasteiger partial charge in [-0.1, -0.05) is 38.4 Å². The van der Waals surface area contributed by atoms with Gasteiger partial charge in [-0.05, 0) is 42.9 Å². The van der Waals surface area contributed by atoms with E-state index in [9.17, 15) is 5.11 Å². The summed E-state index contributed by atoms with van der Waals surface area (Å²) in [6.07, 6.45) is 2.49. The Bertz CT molecular complexity index is 358. The lowest BCUT2D eigenvalue weighted by atomic mass is 9.86. The summed E-state index contributed by atoms with van der Waals surface area (Å²) in [4.78, 5) is 0. The lowest BCUT2D eigenvalue weighted by Gasteiger charge is -2.25. The number of hydrogen-bond donors (Lipinski definition) is 1. The number of ether oxygens (including phenoxy) is 1. The van der Waals surface area contributed by atoms with Crippen molar-refractivity contribution in [3.63, 3.8) is 0 Å². The Balaban J connectivity index is 2.16. The molecule has 0 saturated heterocycles. The molecular formula is C15H23ClO2. The highest BCUT2D eigenvalue weighted by atomic mass is 35.5. The number of aliphatic hydroxyl groups is 1. The van der Waals surface area contributed by atoms with Gasteiger partial charge in [0.05, 0.1) is 12.7 Å². The zero-order valence-electron chi connectivity index (χ0n) is 11.4. The third-order valence-electron chi connectivity index (χ3n) is 2.94. The predicted molar refractivity (Wildman–Crippen MR) is 76.3 cm³/mol. The van der Waals surface area contributed by atoms with Gasteiger partial charge in [-0.15, -0.1) is 0 Å². The summed E-state index contributed by atoms with van der Waals surface area (Å²) in [5.74, 6) is 0.805. The van der Waals surface area contributed by atoms with Gasteiger partial charge >= 0.3 is 0 Å². The first-order valence-corrected chi connectivity index (χ1v) is 6.84. The van der Waals surface area contributed by atoms with Crippen LogP contribution in [0.2, 0.25) is 5.02 Å². The summed E-state index contributed by atoms with van der Waals surface area (Å²) in [6, 6.07) is 7.41. The molecule has 1 atom stereocenters. The maximum absolute atomic E-state index is 9.88. The molecular weight excluding hydrogens is 248 g/mol. The van der Waals surface area contributed by atoms with E-state index in [2.05, 4.69) is 20.8 Å². The molecule has 102 valence electrons. The van der Waals surface area contributed by atoms with Crippen LogP contribution in [0.15, 0.2) is 24.3 Å². The minimum atomic E-state index is -0.247. The molecule has 1 unspecified atom stereocenters. The lowest BCUT2D eigenvalue weighted by molar-refractivity contribution is 0.0526. The second-order valence-corrected chi connectivity index (χ2v) is 6.12. The third kappa shape index (κ3) is 5.74. The Morgan fingerprint density at radius 1 is 1.28 bits per heavy atom. The number of benzene rings is 1. The maximum atomic E-state index is 9.88. The standard InChI is InChI=1S/C15H23ClO2/c1-15(2,3)14(17)9-4-5-10-18-13-8-6-7-12(16)11-13/h6-8,11,14,17H,4-5,9-10H2,1-3H3. The Morgan fingerprint density at radius 2 is 2.00 bits per heavy atom. The highest BCUT2D eigenvalue weighted by Gasteiger charge is 2.20. The van der Waals surface area contributed by atoms with Gasteiger partial charge in [0.2, 0.25) is 0 Å². The smallest absolute Gasteiger partial charge is 0.120 e. The molecule has 0 radical (unpaired) electrons. The number of aliphatic hydroxyl groups excluding tert-OH is 1. The fraction of sp³-hybridized carbons (Fsp3) is 0.600. The van der Waals surface area contributed by atoms with Crippen LogP contribution < -0.4 is 4.74 Å². The highest BCUT2D eigenvalue weighted by Crippen LogP contribution is 2.23. The fourth-order valence-corrected chi connectivity index (χ4v) is 1.80. The summed E-state index contributed by atoms with van der Waals surface area (Å²) in [6.45, 7) is 6.83. The van der Waals surface area contributed by atoms with Crippen molar-refractivity contribution in [1.82, 2.24) is 0 Å². The van der Waals surface area contributed by atoms with Gasteiger partial charge in [-0.2, -0.15) is 0 Å². The van der Waals surface area contributed by atoms with Crippen LogP contribution in [0.25, 0.3) is 0 Å². The normalized spacial score (nSPS) is 13.4. The van der Waals surface area contributed by atoms with Gasteiger partial charge in [0.25, 0.3) is 0 Å². The van der Waals surface area contributed by atoms with E-state index in [-0.39, 0.29) is 11.5 Å². The van der Waals surface area contributed by atoms with E-state index in [0.29, 0.717) is 11.6 Å². The second-order valence-electron chi connectivity index (χ2n) is 5.68. The van der Waals surface area contributed by atoms with E-state index in [1.165, 1.54) is 0 Å². The van der Waals surface area contributed by atoms with E-state index >= 15 is 0 Å². The molecule has 0 aromatic heterocycles. The van der Waals surface area contributed by atoms with E-state index in [1.807, 2.05) is 24.3 Å². The van der Waals surface area contributed by atoms with Crippen LogP contribution in [0.4, 0.5) is 0 Å². The number of rotatable bonds is 6. The Kier molecular flexibility index (Phi) is 5.97. The van der Waals surface area contributed by atoms with Gasteiger partial charge in [-0.25, -0.2) is 0 Å². The summed E-state index contributed by atoms with van der Waals surface area (Å²) in [7, 11) is 0. The summed E-state index contributed by atoms with van der Waals surface area (Å²) >= 11 is 5.86. The predicted octanol–water partition coefficient (Wildman–Crippen LogP) is 4.30. The molecule has 1 N–H and O–H groups in total. The molecule has 2 nitrogen and oxygen atoms in total. The first-order valence-electron chi connectivity index (χ1n) is 6.46. The van der Waals surface area contributed by atoms with Gasteiger partial charge in [0, 0.05) is 5.02 Å². The first-order chi connectivity index (χ1) is 8.39. The van der Waals surface area contributed by atoms with Crippen LogP contribution in [0.3, 0.4) is 0 Å². The molecule has 0 fully saturated rings. The van der Waals surface area contributed by atoms with Crippen LogP contribution in [-0.2, 0) is 0 Å². The van der Waals surface area contributed by atoms with Gasteiger partial charge in [0.15, 0.2) is 0 Å². The van der Waals surface area contributed by atoms with E-state index in [4.69, 9.17) is 16.3 Å². The molecule has 0 aliphatic carbocycles. The van der Waals surface area contributed by atoms with Crippen LogP contribution in [0, 0.1) is 5.41 Å². The summed E-state index contributed by atoms with van der Waals surface area (Å²) in [5, 5.41) is 10.6. The van der Waals surface area contributed by atoms with Crippen molar-refractivity contribution in [3.8, 4) is 5.75 Å². The molecule has 1 aromatic rings. The molecule has 0 aliphatic rings. The minimum Gasteiger partial charge on any atom is -0.494 e. The quantitative estimate of drug-likeness (QED) is 0.781. The SMILES string of the molecule is CC(C)(C)C(O)CCCCOc1cccc(Cl)c1. The molecule has 0 spiro atoms. The molecule has 0 amide bonds. The van der Waals surface area contributed by atoms with E-state index in [1.54, 1.807) is 0 Å². The second kappa shape index (κ2) is 7.01. The molecule has 0 saturated carbocycles. The van der Waals surface area contributed by atoms with Gasteiger partial charge in [0.1, 0.15) is 5.75 Å². The topological polar surface area (TPSA) is 29.5 Å². The Labute approximate surface area is 115 Å². The molecule has 0 heterocycles. The molecule has 0 aliphatic heterocycles. The number of hydrogen-bond acceptors (Lipinski definition) is 2. The van der Waals surface area contributed by atoms with Crippen molar-refractivity contribution >= 4 is 11.6 Å². The zero-order valence-corrected chi connectivity index (χ0v) is 12.2. The molecule has 1 rings (SSSR count). The zero-order chi connectivity index (χ0) is 13.6. The molecule has 1 aromatic carbocycles. The highest BCUT2D eigenvalue weighted by molar-refractivity contribution is 6.30. The Morgan fingerprint density at radius 3 is 2.61 bits per heavy atom. The van der Waals surface area contributed by atoms with Crippen molar-refractivity contribution in [3.05, 3.63) is 29.3 Å². The molecule has 18 heavy (non-hydrogen) atoms. The Hall–Kier alpha value is -0.730. The first kappa shape index (κ1) is 15.3. The van der Waals surface area contributed by atoms with E-state index < -0.39 is 0 Å². The van der Waals surface area contributed by atoms with Gasteiger partial charge < -0.3 is 9.84 Å². The van der Waals surface area contributed by atoms with Crippen LogP contribution >= 0.6 is 11.6 Å². The number of unbranched alkanes of at least 4 members (excludes halogenated alkanes) is 1. The monoisotopic (exact) mass is 270 g/mol. The van der Waals surface area contributed by atoms with Crippen molar-refractivity contribution in [2.24, 2.45) is 5.41 Å². The summed E-state index contributed by atoms with van der Waals surface area (Å²) < 4.78 is 5.59. The van der Waals surface area contributed by atoms with Crippen molar-refractivity contribution in [2.75, 3.05) is 6.61 Å². The van der Waals surface area contributed by atoms with Crippen molar-refractivity contribution in [1.29, 1.82) is 0 Å². The van der Waals surface area contributed by atoms with E-state index in [0.717, 1.165) is 25.0 Å². The van der Waals surface area contributed by atoms with Crippen molar-refractivity contribution < 1.29 is 9.84 Å². The average Bonchev–Trinajstić information content (AvgIpc) is 2.27. The van der Waals surface area contributed by atoms with Crippen molar-refractivity contribution in [2.45, 2.75) is 46.1 Å². The molecule has 3 heteroatoms.